The summed E-state index contributed by atoms with van der Waals surface area (Å²) in [6.07, 6.45) is 4.19. The lowest BCUT2D eigenvalue weighted by Gasteiger charge is -2.24. The minimum Gasteiger partial charge on any atom is -0.370 e. The fraction of sp³-hybridized carbons (Fsp3) is 0.846. The third kappa shape index (κ3) is 2.29. The highest BCUT2D eigenvalue weighted by atomic mass is 16.5. The molecule has 0 radical (unpaired) electrons. The first-order valence-corrected chi connectivity index (χ1v) is 6.54. The minimum atomic E-state index is -0.362. The Labute approximate surface area is 108 Å². The summed E-state index contributed by atoms with van der Waals surface area (Å²) in [7, 11) is 1.71. The molecule has 5 nitrogen and oxygen atoms in total. The molecule has 2 N–H and O–H groups in total. The van der Waals surface area contributed by atoms with Gasteiger partial charge < -0.3 is 15.0 Å². The van der Waals surface area contributed by atoms with E-state index in [0.29, 0.717) is 11.7 Å². The van der Waals surface area contributed by atoms with Crippen molar-refractivity contribution in [3.63, 3.8) is 0 Å². The van der Waals surface area contributed by atoms with Gasteiger partial charge in [-0.1, -0.05) is 25.9 Å². The van der Waals surface area contributed by atoms with Gasteiger partial charge in [-0.2, -0.15) is 4.98 Å². The molecule has 18 heavy (non-hydrogen) atoms. The van der Waals surface area contributed by atoms with Crippen LogP contribution in [0.25, 0.3) is 0 Å². The fourth-order valence-electron chi connectivity index (χ4n) is 2.38. The van der Waals surface area contributed by atoms with E-state index in [-0.39, 0.29) is 17.1 Å². The average Bonchev–Trinajstić information content (AvgIpc) is 2.96. The van der Waals surface area contributed by atoms with Crippen LogP contribution in [0.5, 0.6) is 0 Å². The highest BCUT2D eigenvalue weighted by Gasteiger charge is 2.41. The Bertz CT molecular complexity index is 403. The summed E-state index contributed by atoms with van der Waals surface area (Å²) >= 11 is 0. The first-order valence-electron chi connectivity index (χ1n) is 6.54. The fourth-order valence-corrected chi connectivity index (χ4v) is 2.38. The first kappa shape index (κ1) is 13.5. The highest BCUT2D eigenvalue weighted by Crippen LogP contribution is 2.41. The van der Waals surface area contributed by atoms with Crippen LogP contribution in [0.15, 0.2) is 4.52 Å². The number of nitrogens with zero attached hydrogens (tertiary/aromatic N) is 2. The number of hydrogen-bond acceptors (Lipinski definition) is 5. The Kier molecular flexibility index (Phi) is 3.47. The number of nitrogens with two attached hydrogens (primary N) is 1. The van der Waals surface area contributed by atoms with Gasteiger partial charge in [0.25, 0.3) is 0 Å². The van der Waals surface area contributed by atoms with Crippen molar-refractivity contribution in [2.75, 3.05) is 7.11 Å². The molecule has 1 aromatic rings. The molecule has 0 aliphatic heterocycles. The van der Waals surface area contributed by atoms with Crippen LogP contribution < -0.4 is 5.73 Å². The van der Waals surface area contributed by atoms with Crippen molar-refractivity contribution in [1.29, 1.82) is 0 Å². The molecular weight excluding hydrogens is 230 g/mol. The molecule has 1 aromatic heterocycles. The molecular formula is C13H23N3O2. The van der Waals surface area contributed by atoms with Crippen LogP contribution in [-0.4, -0.2) is 17.3 Å². The molecule has 2 rings (SSSR count). The lowest BCUT2D eigenvalue weighted by Crippen LogP contribution is -2.28. The molecule has 1 aliphatic carbocycles. The van der Waals surface area contributed by atoms with Gasteiger partial charge in [0.2, 0.25) is 11.7 Å². The monoisotopic (exact) mass is 253 g/mol. The number of rotatable bonds is 3. The minimum absolute atomic E-state index is 0.0975. The lowest BCUT2D eigenvalue weighted by atomic mass is 9.87. The Morgan fingerprint density at radius 3 is 2.44 bits per heavy atom. The number of methoxy groups -OCH3 is 1. The van der Waals surface area contributed by atoms with E-state index in [1.807, 2.05) is 0 Å². The van der Waals surface area contributed by atoms with E-state index in [1.165, 1.54) is 0 Å². The summed E-state index contributed by atoms with van der Waals surface area (Å²) in [4.78, 5) is 4.47. The van der Waals surface area contributed by atoms with Gasteiger partial charge in [-0.3, -0.25) is 0 Å². The topological polar surface area (TPSA) is 74.2 Å². The standard InChI is InChI=1S/C13H23N3O2/c1-12(2,3)9(14)10-15-11(16-18-10)13(17-4)7-5-6-8-13/h9H,5-8,14H2,1-4H3/t9-/m1/s1. The lowest BCUT2D eigenvalue weighted by molar-refractivity contribution is -0.0178. The molecule has 1 fully saturated rings. The van der Waals surface area contributed by atoms with Crippen LogP contribution >= 0.6 is 0 Å². The molecule has 0 saturated heterocycles. The molecule has 0 aromatic carbocycles. The quantitative estimate of drug-likeness (QED) is 0.896. The normalized spacial score (nSPS) is 21.2. The van der Waals surface area contributed by atoms with E-state index >= 15 is 0 Å². The Balaban J connectivity index is 2.25. The predicted octanol–water partition coefficient (Wildman–Crippen LogP) is 2.53. The largest absolute Gasteiger partial charge is 0.370 e. The summed E-state index contributed by atoms with van der Waals surface area (Å²) < 4.78 is 11.0. The van der Waals surface area contributed by atoms with Gasteiger partial charge in [0.05, 0.1) is 6.04 Å². The summed E-state index contributed by atoms with van der Waals surface area (Å²) in [6.45, 7) is 6.18. The van der Waals surface area contributed by atoms with Gasteiger partial charge in [0.1, 0.15) is 5.60 Å². The van der Waals surface area contributed by atoms with Crippen molar-refractivity contribution in [3.8, 4) is 0 Å². The predicted molar refractivity (Wildman–Crippen MR) is 67.8 cm³/mol. The van der Waals surface area contributed by atoms with Crippen molar-refractivity contribution in [1.82, 2.24) is 10.1 Å². The first-order chi connectivity index (χ1) is 8.39. The Morgan fingerprint density at radius 1 is 1.33 bits per heavy atom. The molecule has 1 aliphatic rings. The van der Waals surface area contributed by atoms with Crippen molar-refractivity contribution in [2.24, 2.45) is 11.1 Å². The molecule has 0 bridgehead atoms. The smallest absolute Gasteiger partial charge is 0.244 e. The summed E-state index contributed by atoms with van der Waals surface area (Å²) in [5.41, 5.74) is 5.67. The van der Waals surface area contributed by atoms with Gasteiger partial charge in [-0.25, -0.2) is 0 Å². The molecule has 1 saturated carbocycles. The number of aromatic nitrogens is 2. The second kappa shape index (κ2) is 4.63. The van der Waals surface area contributed by atoms with Crippen LogP contribution in [0, 0.1) is 5.41 Å². The second-order valence-corrected chi connectivity index (χ2v) is 6.21. The number of hydrogen-bond donors (Lipinski definition) is 1. The van der Waals surface area contributed by atoms with Gasteiger partial charge in [-0.05, 0) is 31.1 Å². The molecule has 5 heteroatoms. The average molecular weight is 253 g/mol. The van der Waals surface area contributed by atoms with Crippen LogP contribution in [-0.2, 0) is 10.3 Å². The van der Waals surface area contributed by atoms with Crippen molar-refractivity contribution in [2.45, 2.75) is 58.1 Å². The molecule has 1 heterocycles. The van der Waals surface area contributed by atoms with E-state index in [1.54, 1.807) is 7.11 Å². The molecule has 1 atom stereocenters. The van der Waals surface area contributed by atoms with Crippen LogP contribution in [0.2, 0.25) is 0 Å². The molecule has 0 unspecified atom stereocenters. The zero-order chi connectivity index (χ0) is 13.4. The third-order valence-electron chi connectivity index (χ3n) is 3.85. The maximum atomic E-state index is 6.13. The maximum Gasteiger partial charge on any atom is 0.244 e. The van der Waals surface area contributed by atoms with E-state index in [9.17, 15) is 0 Å². The number of ether oxygens (including phenoxy) is 1. The maximum absolute atomic E-state index is 6.13. The van der Waals surface area contributed by atoms with E-state index in [0.717, 1.165) is 25.7 Å². The zero-order valence-corrected chi connectivity index (χ0v) is 11.7. The van der Waals surface area contributed by atoms with Crippen LogP contribution in [0.4, 0.5) is 0 Å². The van der Waals surface area contributed by atoms with Crippen LogP contribution in [0.1, 0.15) is 64.2 Å². The van der Waals surface area contributed by atoms with Crippen molar-refractivity contribution >= 4 is 0 Å². The van der Waals surface area contributed by atoms with Gasteiger partial charge in [-0.15, -0.1) is 0 Å². The summed E-state index contributed by atoms with van der Waals surface area (Å²) in [5.74, 6) is 1.15. The zero-order valence-electron chi connectivity index (χ0n) is 11.7. The van der Waals surface area contributed by atoms with E-state index in [4.69, 9.17) is 15.0 Å². The third-order valence-corrected chi connectivity index (χ3v) is 3.85. The molecule has 102 valence electrons. The molecule has 0 spiro atoms. The summed E-state index contributed by atoms with van der Waals surface area (Å²) in [6, 6.07) is -0.256. The van der Waals surface area contributed by atoms with Crippen molar-refractivity contribution in [3.05, 3.63) is 11.7 Å². The Hall–Kier alpha value is -0.940. The van der Waals surface area contributed by atoms with Gasteiger partial charge in [0, 0.05) is 7.11 Å². The van der Waals surface area contributed by atoms with E-state index in [2.05, 4.69) is 30.9 Å². The van der Waals surface area contributed by atoms with Gasteiger partial charge in [0.15, 0.2) is 0 Å². The highest BCUT2D eigenvalue weighted by molar-refractivity contribution is 5.06. The van der Waals surface area contributed by atoms with Gasteiger partial charge >= 0.3 is 0 Å². The second-order valence-electron chi connectivity index (χ2n) is 6.21. The van der Waals surface area contributed by atoms with Crippen molar-refractivity contribution < 1.29 is 9.26 Å². The SMILES string of the molecule is COC1(c2noc([C@@H](N)C(C)(C)C)n2)CCCC1. The summed E-state index contributed by atoms with van der Waals surface area (Å²) in [5, 5.41) is 4.08. The van der Waals surface area contributed by atoms with Crippen LogP contribution in [0.3, 0.4) is 0 Å². The molecule has 0 amide bonds. The Morgan fingerprint density at radius 2 is 1.94 bits per heavy atom. The van der Waals surface area contributed by atoms with E-state index < -0.39 is 0 Å².